The van der Waals surface area contributed by atoms with E-state index in [0.717, 1.165) is 5.06 Å². The number of hydroxylamine groups is 2. The van der Waals surface area contributed by atoms with Crippen molar-refractivity contribution in [2.24, 2.45) is 0 Å². The Kier molecular flexibility index (Phi) is 2.72. The van der Waals surface area contributed by atoms with Crippen molar-refractivity contribution in [2.75, 3.05) is 7.05 Å². The van der Waals surface area contributed by atoms with Gasteiger partial charge in [0.05, 0.1) is 5.82 Å². The zero-order chi connectivity index (χ0) is 8.36. The van der Waals surface area contributed by atoms with E-state index < -0.39 is 5.54 Å². The highest BCUT2D eigenvalue weighted by Gasteiger charge is 2.12. The first-order valence-corrected chi connectivity index (χ1v) is 3.23. The topological polar surface area (TPSA) is 38.3 Å². The Morgan fingerprint density at radius 2 is 1.90 bits per heavy atom. The van der Waals surface area contributed by atoms with Crippen molar-refractivity contribution in [2.45, 2.75) is 26.3 Å². The number of hydrogen-bond donors (Lipinski definition) is 1. The minimum Gasteiger partial charge on any atom is -0.757 e. The summed E-state index contributed by atoms with van der Waals surface area (Å²) in [5.41, 5.74) is -0.403. The normalized spacial score (nSPS) is 10.9. The fraction of sp³-hybridized carbons (Fsp3) is 0.714. The summed E-state index contributed by atoms with van der Waals surface area (Å²) >= 11 is 0. The first kappa shape index (κ1) is 9.30. The number of nitrogens with one attached hydrogen (secondary N) is 1. The van der Waals surface area contributed by atoms with Gasteiger partial charge in [-0.3, -0.25) is 0 Å². The molecule has 3 heteroatoms. The van der Waals surface area contributed by atoms with Gasteiger partial charge in [-0.2, -0.15) is 0 Å². The van der Waals surface area contributed by atoms with Crippen LogP contribution in [0.15, 0.2) is 12.4 Å². The maximum Gasteiger partial charge on any atom is 0.0831 e. The first-order chi connectivity index (χ1) is 4.39. The molecule has 0 heterocycles. The molecular weight excluding hydrogens is 128 g/mol. The summed E-state index contributed by atoms with van der Waals surface area (Å²) in [6, 6.07) is 0. The fourth-order valence-electron chi connectivity index (χ4n) is 0.506. The largest absolute Gasteiger partial charge is 0.757 e. The molecule has 0 aliphatic carbocycles. The Balaban J connectivity index is 4.08. The van der Waals surface area contributed by atoms with Gasteiger partial charge in [-0.15, -0.1) is 0 Å². The average Bonchev–Trinajstić information content (AvgIpc) is 1.83. The van der Waals surface area contributed by atoms with E-state index in [2.05, 4.69) is 11.9 Å². The summed E-state index contributed by atoms with van der Waals surface area (Å²) in [6.07, 6.45) is 0. The van der Waals surface area contributed by atoms with Gasteiger partial charge in [-0.25, -0.2) is 0 Å². The van der Waals surface area contributed by atoms with E-state index in [4.69, 9.17) is 0 Å². The van der Waals surface area contributed by atoms with Crippen LogP contribution in [0.25, 0.3) is 0 Å². The summed E-state index contributed by atoms with van der Waals surface area (Å²) in [4.78, 5) is 0. The molecule has 0 aliphatic rings. The Morgan fingerprint density at radius 3 is 2.00 bits per heavy atom. The predicted octanol–water partition coefficient (Wildman–Crippen LogP) is 1.28. The molecular formula is C7H15N2O-. The molecule has 0 radical (unpaired) electrons. The molecule has 0 aromatic rings. The van der Waals surface area contributed by atoms with Crippen molar-refractivity contribution in [1.29, 1.82) is 0 Å². The molecule has 0 aromatic heterocycles. The highest BCUT2D eigenvalue weighted by atomic mass is 16.5. The Hall–Kier alpha value is -0.700. The Morgan fingerprint density at radius 1 is 1.50 bits per heavy atom. The van der Waals surface area contributed by atoms with Crippen molar-refractivity contribution < 1.29 is 0 Å². The van der Waals surface area contributed by atoms with Crippen LogP contribution in [-0.4, -0.2) is 17.6 Å². The molecule has 0 amide bonds. The summed E-state index contributed by atoms with van der Waals surface area (Å²) in [5.74, 6) is 0.396. The molecule has 1 N–H and O–H groups in total. The van der Waals surface area contributed by atoms with Gasteiger partial charge in [-0.05, 0) is 20.8 Å². The lowest BCUT2D eigenvalue weighted by Gasteiger charge is -2.44. The van der Waals surface area contributed by atoms with E-state index in [1.807, 2.05) is 20.8 Å². The van der Waals surface area contributed by atoms with Crippen molar-refractivity contribution in [3.05, 3.63) is 17.6 Å². The third-order valence-electron chi connectivity index (χ3n) is 1.14. The van der Waals surface area contributed by atoms with Gasteiger partial charge in [0.15, 0.2) is 0 Å². The number of nitrogens with zero attached hydrogens (tertiary/aromatic N) is 1. The molecule has 0 spiro atoms. The van der Waals surface area contributed by atoms with E-state index in [1.165, 1.54) is 0 Å². The molecule has 0 aromatic carbocycles. The fourth-order valence-corrected chi connectivity index (χ4v) is 0.506. The SMILES string of the molecule is C=C(NC)N([O-])C(C)(C)C. The van der Waals surface area contributed by atoms with Crippen LogP contribution in [0.4, 0.5) is 0 Å². The van der Waals surface area contributed by atoms with Gasteiger partial charge in [0.25, 0.3) is 0 Å². The average molecular weight is 143 g/mol. The van der Waals surface area contributed by atoms with Crippen LogP contribution >= 0.6 is 0 Å². The van der Waals surface area contributed by atoms with Crippen molar-refractivity contribution in [1.82, 2.24) is 10.4 Å². The lowest BCUT2D eigenvalue weighted by atomic mass is 10.1. The summed E-state index contributed by atoms with van der Waals surface area (Å²) in [6.45, 7) is 9.05. The van der Waals surface area contributed by atoms with Crippen molar-refractivity contribution in [3.63, 3.8) is 0 Å². The maximum absolute atomic E-state index is 11.2. The van der Waals surface area contributed by atoms with Crippen LogP contribution in [0.1, 0.15) is 20.8 Å². The highest BCUT2D eigenvalue weighted by Crippen LogP contribution is 2.14. The Labute approximate surface area is 62.3 Å². The minimum atomic E-state index is -0.403. The molecule has 3 nitrogen and oxygen atoms in total. The molecule has 0 rings (SSSR count). The maximum atomic E-state index is 11.2. The molecule has 0 fully saturated rings. The van der Waals surface area contributed by atoms with E-state index in [9.17, 15) is 5.21 Å². The zero-order valence-corrected chi connectivity index (χ0v) is 7.06. The predicted molar refractivity (Wildman–Crippen MR) is 43.2 cm³/mol. The second-order valence-corrected chi connectivity index (χ2v) is 3.16. The number of rotatable bonds is 2. The van der Waals surface area contributed by atoms with Gasteiger partial charge in [0.1, 0.15) is 0 Å². The Bertz CT molecular complexity index is 126. The van der Waals surface area contributed by atoms with Crippen LogP contribution in [-0.2, 0) is 0 Å². The lowest BCUT2D eigenvalue weighted by Crippen LogP contribution is -2.39. The smallest absolute Gasteiger partial charge is 0.0831 e. The van der Waals surface area contributed by atoms with Gasteiger partial charge < -0.3 is 15.6 Å². The third-order valence-corrected chi connectivity index (χ3v) is 1.14. The lowest BCUT2D eigenvalue weighted by molar-refractivity contribution is 0.248. The second-order valence-electron chi connectivity index (χ2n) is 3.16. The molecule has 0 saturated heterocycles. The molecule has 10 heavy (non-hydrogen) atoms. The van der Waals surface area contributed by atoms with Crippen LogP contribution in [0.5, 0.6) is 0 Å². The van der Waals surface area contributed by atoms with Gasteiger partial charge in [0, 0.05) is 12.6 Å². The standard InChI is InChI=1S/C7H15N2O/c1-6(8-5)9(10)7(2,3)4/h8H,1H2,2-5H3/q-1. The molecule has 0 atom stereocenters. The molecule has 0 unspecified atom stereocenters. The quantitative estimate of drug-likeness (QED) is 0.592. The van der Waals surface area contributed by atoms with E-state index >= 15 is 0 Å². The highest BCUT2D eigenvalue weighted by molar-refractivity contribution is 4.96. The summed E-state index contributed by atoms with van der Waals surface area (Å²) < 4.78 is 0. The monoisotopic (exact) mass is 143 g/mol. The van der Waals surface area contributed by atoms with Crippen molar-refractivity contribution in [3.8, 4) is 0 Å². The molecule has 0 bridgehead atoms. The first-order valence-electron chi connectivity index (χ1n) is 3.23. The van der Waals surface area contributed by atoms with Gasteiger partial charge in [-0.1, -0.05) is 6.58 Å². The summed E-state index contributed by atoms with van der Waals surface area (Å²) in [5, 5.41) is 14.7. The molecule has 0 aliphatic heterocycles. The number of hydrogen-bond acceptors (Lipinski definition) is 3. The third kappa shape index (κ3) is 2.27. The zero-order valence-electron chi connectivity index (χ0n) is 7.06. The van der Waals surface area contributed by atoms with Crippen LogP contribution in [0.2, 0.25) is 0 Å². The van der Waals surface area contributed by atoms with Gasteiger partial charge >= 0.3 is 0 Å². The van der Waals surface area contributed by atoms with Crippen LogP contribution in [0, 0.1) is 5.21 Å². The minimum absolute atomic E-state index is 0.396. The van der Waals surface area contributed by atoms with E-state index in [-0.39, 0.29) is 0 Å². The van der Waals surface area contributed by atoms with Gasteiger partial charge in [0.2, 0.25) is 0 Å². The van der Waals surface area contributed by atoms with E-state index in [1.54, 1.807) is 7.05 Å². The molecule has 60 valence electrons. The second kappa shape index (κ2) is 2.92. The van der Waals surface area contributed by atoms with Crippen molar-refractivity contribution >= 4 is 0 Å². The van der Waals surface area contributed by atoms with Crippen LogP contribution in [0.3, 0.4) is 0 Å². The van der Waals surface area contributed by atoms with E-state index in [0.29, 0.717) is 5.82 Å². The molecule has 0 saturated carbocycles. The van der Waals surface area contributed by atoms with Crippen LogP contribution < -0.4 is 5.32 Å². The summed E-state index contributed by atoms with van der Waals surface area (Å²) in [7, 11) is 1.68.